The fraction of sp³-hybridized carbons (Fsp3) is 0.0690. The first-order chi connectivity index (χ1) is 20.5. The van der Waals surface area contributed by atoms with Gasteiger partial charge in [-0.2, -0.15) is 17.6 Å². The predicted molar refractivity (Wildman–Crippen MR) is 151 cm³/mol. The van der Waals surface area contributed by atoms with Crippen LogP contribution in [0.5, 0.6) is 11.5 Å². The van der Waals surface area contributed by atoms with E-state index in [-0.39, 0.29) is 21.8 Å². The van der Waals surface area contributed by atoms with E-state index in [1.165, 1.54) is 31.4 Å². The second-order valence-corrected chi connectivity index (χ2v) is 9.84. The second kappa shape index (κ2) is 11.9. The highest BCUT2D eigenvalue weighted by Gasteiger charge is 2.34. The third-order valence-corrected chi connectivity index (χ3v) is 6.86. The van der Waals surface area contributed by atoms with E-state index in [9.17, 15) is 31.9 Å². The third-order valence-electron chi connectivity index (χ3n) is 6.08. The van der Waals surface area contributed by atoms with Crippen LogP contribution in [0.15, 0.2) is 79.1 Å². The highest BCUT2D eigenvalue weighted by atomic mass is 32.1. The summed E-state index contributed by atoms with van der Waals surface area (Å²) in [5.41, 5.74) is -1.68. The molecule has 14 heteroatoms. The average Bonchev–Trinajstić information content (AvgIpc) is 3.43. The molecule has 0 unspecified atom stereocenters. The molecule has 3 aromatic carbocycles. The van der Waals surface area contributed by atoms with Gasteiger partial charge in [-0.05, 0) is 41.8 Å². The van der Waals surface area contributed by atoms with Crippen molar-refractivity contribution in [3.05, 3.63) is 106 Å². The van der Waals surface area contributed by atoms with E-state index < -0.39 is 40.4 Å². The monoisotopic (exact) mass is 609 g/mol. The molecule has 0 radical (unpaired) electrons. The lowest BCUT2D eigenvalue weighted by Gasteiger charge is -2.16. The van der Waals surface area contributed by atoms with E-state index in [1.54, 1.807) is 36.4 Å². The van der Waals surface area contributed by atoms with Crippen LogP contribution in [0.4, 0.5) is 28.9 Å². The first kappa shape index (κ1) is 29.1. The summed E-state index contributed by atoms with van der Waals surface area (Å²) >= 11 is 0.386. The third kappa shape index (κ3) is 6.43. The molecule has 5 rings (SSSR count). The van der Waals surface area contributed by atoms with E-state index in [4.69, 9.17) is 4.74 Å². The fourth-order valence-corrected chi connectivity index (χ4v) is 4.66. The van der Waals surface area contributed by atoms with E-state index >= 15 is 0 Å². The topological polar surface area (TPSA) is 122 Å². The number of carbonyl (C=O) groups excluding carboxylic acids is 3. The molecule has 218 valence electrons. The first-order valence-corrected chi connectivity index (χ1v) is 13.2. The van der Waals surface area contributed by atoms with E-state index in [2.05, 4.69) is 25.9 Å². The summed E-state index contributed by atoms with van der Waals surface area (Å²) in [6, 6.07) is 15.6. The Kier molecular flexibility index (Phi) is 8.03. The number of ether oxygens (including phenoxy) is 1. The normalized spacial score (nSPS) is 11.2. The zero-order valence-electron chi connectivity index (χ0n) is 22.0. The maximum atomic E-state index is 13.9. The van der Waals surface area contributed by atoms with Crippen LogP contribution >= 0.6 is 11.3 Å². The molecule has 0 fully saturated rings. The van der Waals surface area contributed by atoms with Crippen molar-refractivity contribution in [2.24, 2.45) is 0 Å². The molecule has 0 saturated carbocycles. The molecule has 0 saturated heterocycles. The summed E-state index contributed by atoms with van der Waals surface area (Å²) in [5.74, 6) is -1.38. The van der Waals surface area contributed by atoms with Crippen molar-refractivity contribution in [1.29, 1.82) is 0 Å². The predicted octanol–water partition coefficient (Wildman–Crippen LogP) is 6.51. The van der Waals surface area contributed by atoms with E-state index in [0.29, 0.717) is 39.7 Å². The zero-order chi connectivity index (χ0) is 30.7. The number of hydrogen-bond donors (Lipinski definition) is 3. The molecule has 0 aliphatic rings. The molecule has 0 aliphatic heterocycles. The van der Waals surface area contributed by atoms with Crippen LogP contribution < -0.4 is 20.7 Å². The number of aromatic nitrogens is 2. The number of pyridine rings is 1. The number of hydrogen-bond acceptors (Lipinski definition) is 7. The fourth-order valence-electron chi connectivity index (χ4n) is 4.13. The molecule has 0 bridgehead atoms. The van der Waals surface area contributed by atoms with Gasteiger partial charge in [0.05, 0.1) is 17.4 Å². The van der Waals surface area contributed by atoms with Crippen LogP contribution in [0.25, 0.3) is 10.8 Å². The van der Waals surface area contributed by atoms with Gasteiger partial charge in [-0.15, -0.1) is 0 Å². The number of benzene rings is 3. The molecule has 0 atom stereocenters. The number of nitrogens with zero attached hydrogens (tertiary/aromatic N) is 2. The first-order valence-electron chi connectivity index (χ1n) is 12.4. The van der Waals surface area contributed by atoms with Crippen LogP contribution in [0, 0.1) is 5.26 Å². The van der Waals surface area contributed by atoms with Crippen molar-refractivity contribution >= 4 is 51.2 Å². The van der Waals surface area contributed by atoms with Crippen molar-refractivity contribution in [3.8, 4) is 11.5 Å². The van der Waals surface area contributed by atoms with Crippen molar-refractivity contribution in [2.45, 2.75) is 6.18 Å². The molecule has 43 heavy (non-hydrogen) atoms. The number of carbonyl (C=O) groups is 3. The highest BCUT2D eigenvalue weighted by Crippen LogP contribution is 2.37. The Morgan fingerprint density at radius 2 is 1.63 bits per heavy atom. The molecule has 5 aromatic rings. The summed E-state index contributed by atoms with van der Waals surface area (Å²) in [4.78, 5) is 44.6. The largest absolute Gasteiger partial charge is 0.457 e. The average molecular weight is 610 g/mol. The Morgan fingerprint density at radius 1 is 0.860 bits per heavy atom. The van der Waals surface area contributed by atoms with Gasteiger partial charge in [0.2, 0.25) is 0 Å². The molecule has 9 nitrogen and oxygen atoms in total. The number of alkyl halides is 3. The Balaban J connectivity index is 1.41. The summed E-state index contributed by atoms with van der Waals surface area (Å²) in [6.45, 7) is 0. The SMILES string of the molecule is CNC(=O)c1cc(Oc2cccc3c(C(=O)Nc4ccc(NC(=O)c5cnc(F)s5)c(C(F)(F)F)c4)cccc23)ccn1. The summed E-state index contributed by atoms with van der Waals surface area (Å²) in [5, 5.41) is 7.14. The standard InChI is InChI=1S/C29H19F4N5O4S/c1-34-26(40)22-13-16(10-11-35-22)42-23-7-3-4-17-18(23)5-2-6-19(17)25(39)37-15-8-9-21(20(12-15)29(31,32)33)38-27(41)24-14-36-28(30)43-24/h2-14H,1H3,(H,34,40)(H,37,39)(H,38,41). The van der Waals surface area contributed by atoms with Gasteiger partial charge in [-0.1, -0.05) is 35.6 Å². The lowest BCUT2D eigenvalue weighted by molar-refractivity contribution is -0.136. The van der Waals surface area contributed by atoms with Gasteiger partial charge in [0, 0.05) is 35.9 Å². The molecule has 3 amide bonds. The van der Waals surface area contributed by atoms with Crippen LogP contribution in [0.1, 0.15) is 36.1 Å². The molecular weight excluding hydrogens is 590 g/mol. The van der Waals surface area contributed by atoms with Gasteiger partial charge in [0.1, 0.15) is 22.1 Å². The van der Waals surface area contributed by atoms with Crippen LogP contribution in [0.3, 0.4) is 0 Å². The van der Waals surface area contributed by atoms with Crippen LogP contribution in [-0.4, -0.2) is 34.7 Å². The number of halogens is 4. The van der Waals surface area contributed by atoms with Crippen molar-refractivity contribution in [2.75, 3.05) is 17.7 Å². The number of anilines is 2. The van der Waals surface area contributed by atoms with Crippen molar-refractivity contribution < 1.29 is 36.7 Å². The molecule has 0 spiro atoms. The van der Waals surface area contributed by atoms with Crippen LogP contribution in [0.2, 0.25) is 0 Å². The van der Waals surface area contributed by atoms with Gasteiger partial charge < -0.3 is 20.7 Å². The smallest absolute Gasteiger partial charge is 0.418 e. The molecule has 2 aromatic heterocycles. The van der Waals surface area contributed by atoms with Crippen molar-refractivity contribution in [3.63, 3.8) is 0 Å². The Bertz CT molecular complexity index is 1880. The quantitative estimate of drug-likeness (QED) is 0.181. The summed E-state index contributed by atoms with van der Waals surface area (Å²) in [7, 11) is 1.47. The molecule has 3 N–H and O–H groups in total. The highest BCUT2D eigenvalue weighted by molar-refractivity contribution is 7.12. The minimum atomic E-state index is -4.89. The Morgan fingerprint density at radius 3 is 2.35 bits per heavy atom. The van der Waals surface area contributed by atoms with Gasteiger partial charge in [0.15, 0.2) is 0 Å². The number of amides is 3. The van der Waals surface area contributed by atoms with Crippen LogP contribution in [-0.2, 0) is 6.18 Å². The Hall–Kier alpha value is -5.37. The maximum Gasteiger partial charge on any atom is 0.418 e. The Labute approximate surface area is 244 Å². The van der Waals surface area contributed by atoms with Crippen molar-refractivity contribution in [1.82, 2.24) is 15.3 Å². The zero-order valence-corrected chi connectivity index (χ0v) is 22.8. The van der Waals surface area contributed by atoms with Gasteiger partial charge in [-0.3, -0.25) is 19.4 Å². The molecular formula is C29H19F4N5O4S. The maximum absolute atomic E-state index is 13.9. The van der Waals surface area contributed by atoms with Gasteiger partial charge >= 0.3 is 6.18 Å². The van der Waals surface area contributed by atoms with E-state index in [0.717, 1.165) is 12.3 Å². The second-order valence-electron chi connectivity index (χ2n) is 8.86. The number of nitrogens with one attached hydrogen (secondary N) is 3. The number of thiazole rings is 1. The minimum Gasteiger partial charge on any atom is -0.457 e. The molecule has 2 heterocycles. The summed E-state index contributed by atoms with van der Waals surface area (Å²) in [6.07, 6.45) is -2.56. The molecule has 0 aliphatic carbocycles. The van der Waals surface area contributed by atoms with E-state index in [1.807, 2.05) is 0 Å². The lowest BCUT2D eigenvalue weighted by atomic mass is 10.0. The number of rotatable bonds is 7. The number of fused-ring (bicyclic) bond motifs is 1. The summed E-state index contributed by atoms with van der Waals surface area (Å²) < 4.78 is 60.8. The van der Waals surface area contributed by atoms with Gasteiger partial charge in [-0.25, -0.2) is 4.98 Å². The van der Waals surface area contributed by atoms with Gasteiger partial charge in [0.25, 0.3) is 23.0 Å². The lowest BCUT2D eigenvalue weighted by Crippen LogP contribution is -2.18. The minimum absolute atomic E-state index is 0.140.